The third-order valence-electron chi connectivity index (χ3n) is 4.85. The third kappa shape index (κ3) is 3.54. The number of likely N-dealkylation sites (tertiary alicyclic amines) is 2. The Morgan fingerprint density at radius 2 is 2.04 bits per heavy atom. The Bertz CT molecular complexity index is 588. The van der Waals surface area contributed by atoms with Crippen LogP contribution in [0.25, 0.3) is 0 Å². The molecule has 0 radical (unpaired) electrons. The molecular weight excluding hydrogens is 318 g/mol. The van der Waals surface area contributed by atoms with E-state index in [2.05, 4.69) is 9.97 Å². The molecule has 1 aromatic rings. The van der Waals surface area contributed by atoms with Crippen molar-refractivity contribution in [3.8, 4) is 0 Å². The second-order valence-corrected chi connectivity index (χ2v) is 6.64. The van der Waals surface area contributed by atoms with Gasteiger partial charge in [0.15, 0.2) is 0 Å². The first-order valence-corrected chi connectivity index (χ1v) is 8.22. The van der Waals surface area contributed by atoms with Crippen LogP contribution in [0.5, 0.6) is 0 Å². The van der Waals surface area contributed by atoms with Crippen LogP contribution in [0, 0.1) is 6.92 Å². The Labute approximate surface area is 139 Å². The summed E-state index contributed by atoms with van der Waals surface area (Å²) in [7, 11) is 0. The first kappa shape index (κ1) is 17.2. The molecule has 8 heteroatoms. The molecule has 2 fully saturated rings. The van der Waals surface area contributed by atoms with Crippen molar-refractivity contribution in [3.05, 3.63) is 23.8 Å². The molecule has 0 aromatic carbocycles. The number of amides is 1. The van der Waals surface area contributed by atoms with Gasteiger partial charge in [-0.25, -0.2) is 13.8 Å². The monoisotopic (exact) mass is 340 g/mol. The number of aryl methyl sites for hydroxylation is 1. The average Bonchev–Trinajstić information content (AvgIpc) is 2.90. The Hall–Kier alpha value is -1.67. The fraction of sp³-hybridized carbons (Fsp3) is 0.688. The Morgan fingerprint density at radius 1 is 1.33 bits per heavy atom. The lowest BCUT2D eigenvalue weighted by Crippen LogP contribution is -2.49. The van der Waals surface area contributed by atoms with E-state index in [4.69, 9.17) is 0 Å². The molecule has 132 valence electrons. The van der Waals surface area contributed by atoms with Gasteiger partial charge in [0.25, 0.3) is 11.8 Å². The van der Waals surface area contributed by atoms with Gasteiger partial charge in [0.05, 0.1) is 25.0 Å². The largest absolute Gasteiger partial charge is 0.395 e. The molecule has 2 aliphatic heterocycles. The van der Waals surface area contributed by atoms with Crippen LogP contribution in [0.4, 0.5) is 8.78 Å². The second kappa shape index (κ2) is 6.68. The molecule has 2 aliphatic rings. The molecule has 3 rings (SSSR count). The van der Waals surface area contributed by atoms with E-state index in [1.165, 1.54) is 6.20 Å². The molecule has 1 aromatic heterocycles. The van der Waals surface area contributed by atoms with E-state index in [1.807, 2.05) is 0 Å². The normalized spacial score (nSPS) is 25.2. The van der Waals surface area contributed by atoms with E-state index < -0.39 is 12.0 Å². The van der Waals surface area contributed by atoms with Gasteiger partial charge >= 0.3 is 0 Å². The fourth-order valence-electron chi connectivity index (χ4n) is 3.59. The number of carbonyl (C=O) groups is 1. The van der Waals surface area contributed by atoms with Gasteiger partial charge in [-0.1, -0.05) is 0 Å². The van der Waals surface area contributed by atoms with E-state index in [-0.39, 0.29) is 31.5 Å². The van der Waals surface area contributed by atoms with Gasteiger partial charge in [0.1, 0.15) is 5.69 Å². The van der Waals surface area contributed by atoms with Crippen LogP contribution < -0.4 is 0 Å². The number of halogens is 2. The van der Waals surface area contributed by atoms with E-state index in [1.54, 1.807) is 22.9 Å². The highest BCUT2D eigenvalue weighted by molar-refractivity contribution is 5.92. The maximum atomic E-state index is 13.6. The third-order valence-corrected chi connectivity index (χ3v) is 4.85. The number of piperidine rings is 1. The summed E-state index contributed by atoms with van der Waals surface area (Å²) >= 11 is 0. The van der Waals surface area contributed by atoms with Crippen LogP contribution in [-0.2, 0) is 0 Å². The number of aromatic nitrogens is 2. The van der Waals surface area contributed by atoms with Crippen molar-refractivity contribution in [1.82, 2.24) is 19.8 Å². The van der Waals surface area contributed by atoms with E-state index in [9.17, 15) is 18.7 Å². The minimum atomic E-state index is -2.74. The van der Waals surface area contributed by atoms with Gasteiger partial charge in [-0.15, -0.1) is 0 Å². The maximum absolute atomic E-state index is 13.6. The first-order valence-electron chi connectivity index (χ1n) is 8.22. The maximum Gasteiger partial charge on any atom is 0.274 e. The predicted octanol–water partition coefficient (Wildman–Crippen LogP) is 1.09. The van der Waals surface area contributed by atoms with Crippen molar-refractivity contribution in [2.45, 2.75) is 44.2 Å². The summed E-state index contributed by atoms with van der Waals surface area (Å²) in [6, 6.07) is -0.515. The number of nitrogens with zero attached hydrogens (tertiary/aromatic N) is 4. The number of hydrogen-bond acceptors (Lipinski definition) is 5. The van der Waals surface area contributed by atoms with Gasteiger partial charge in [-0.3, -0.25) is 14.7 Å². The molecule has 0 aliphatic carbocycles. The number of aliphatic hydroxyl groups excluding tert-OH is 1. The summed E-state index contributed by atoms with van der Waals surface area (Å²) in [6.45, 7) is 2.24. The van der Waals surface area contributed by atoms with Crippen molar-refractivity contribution in [2.24, 2.45) is 0 Å². The topological polar surface area (TPSA) is 69.6 Å². The first-order chi connectivity index (χ1) is 11.4. The number of carbonyl (C=O) groups excluding carboxylic acids is 1. The zero-order valence-corrected chi connectivity index (χ0v) is 13.7. The van der Waals surface area contributed by atoms with Crippen LogP contribution in [0.2, 0.25) is 0 Å². The molecule has 0 spiro atoms. The molecule has 1 amide bonds. The lowest BCUT2D eigenvalue weighted by Gasteiger charge is -2.38. The highest BCUT2D eigenvalue weighted by Gasteiger charge is 2.47. The van der Waals surface area contributed by atoms with Crippen molar-refractivity contribution in [3.63, 3.8) is 0 Å². The number of rotatable bonds is 3. The molecule has 24 heavy (non-hydrogen) atoms. The average molecular weight is 340 g/mol. The van der Waals surface area contributed by atoms with Crippen molar-refractivity contribution < 1.29 is 18.7 Å². The van der Waals surface area contributed by atoms with Crippen LogP contribution >= 0.6 is 0 Å². The summed E-state index contributed by atoms with van der Waals surface area (Å²) in [4.78, 5) is 24.0. The Balaban J connectivity index is 1.59. The summed E-state index contributed by atoms with van der Waals surface area (Å²) in [5.41, 5.74) is 1.05. The van der Waals surface area contributed by atoms with Crippen LogP contribution in [-0.4, -0.2) is 75.0 Å². The van der Waals surface area contributed by atoms with Crippen molar-refractivity contribution in [1.29, 1.82) is 0 Å². The van der Waals surface area contributed by atoms with E-state index in [0.29, 0.717) is 31.6 Å². The Kier molecular flexibility index (Phi) is 4.78. The van der Waals surface area contributed by atoms with Crippen molar-refractivity contribution in [2.75, 3.05) is 26.2 Å². The lowest BCUT2D eigenvalue weighted by molar-refractivity contribution is 0.00294. The van der Waals surface area contributed by atoms with Gasteiger partial charge in [0.2, 0.25) is 0 Å². The predicted molar refractivity (Wildman–Crippen MR) is 82.8 cm³/mol. The summed E-state index contributed by atoms with van der Waals surface area (Å²) in [6.07, 6.45) is 3.97. The molecule has 3 heterocycles. The molecule has 6 nitrogen and oxygen atoms in total. The smallest absolute Gasteiger partial charge is 0.274 e. The quantitative estimate of drug-likeness (QED) is 0.892. The molecule has 0 unspecified atom stereocenters. The van der Waals surface area contributed by atoms with E-state index in [0.717, 1.165) is 5.69 Å². The minimum absolute atomic E-state index is 0.0244. The van der Waals surface area contributed by atoms with Crippen molar-refractivity contribution >= 4 is 5.91 Å². The highest BCUT2D eigenvalue weighted by atomic mass is 19.3. The summed E-state index contributed by atoms with van der Waals surface area (Å²) < 4.78 is 27.2. The van der Waals surface area contributed by atoms with E-state index >= 15 is 0 Å². The number of hydrogen-bond donors (Lipinski definition) is 1. The van der Waals surface area contributed by atoms with Crippen LogP contribution in [0.1, 0.15) is 35.4 Å². The summed E-state index contributed by atoms with van der Waals surface area (Å²) in [5.74, 6) is -2.91. The molecule has 2 saturated heterocycles. The van der Waals surface area contributed by atoms with Gasteiger partial charge in [0, 0.05) is 37.8 Å². The van der Waals surface area contributed by atoms with Crippen LogP contribution in [0.3, 0.4) is 0 Å². The standard InChI is InChI=1S/C16H22F2N4O2/c1-11-7-20-14(8-19-11)15(24)21-4-2-12(3-5-21)22-10-16(17,18)6-13(22)9-23/h7-8,12-13,23H,2-6,9-10H2,1H3/t13-/m0/s1. The molecule has 0 saturated carbocycles. The van der Waals surface area contributed by atoms with Crippen LogP contribution in [0.15, 0.2) is 12.4 Å². The summed E-state index contributed by atoms with van der Waals surface area (Å²) in [5, 5.41) is 9.36. The SMILES string of the molecule is Cc1cnc(C(=O)N2CCC(N3CC(F)(F)C[C@H]3CO)CC2)cn1. The second-order valence-electron chi connectivity index (χ2n) is 6.64. The minimum Gasteiger partial charge on any atom is -0.395 e. The lowest BCUT2D eigenvalue weighted by atomic mass is 10.0. The molecular formula is C16H22F2N4O2. The van der Waals surface area contributed by atoms with Gasteiger partial charge < -0.3 is 10.0 Å². The number of aliphatic hydroxyl groups is 1. The molecule has 0 bridgehead atoms. The zero-order valence-electron chi connectivity index (χ0n) is 13.7. The molecule has 1 atom stereocenters. The highest BCUT2D eigenvalue weighted by Crippen LogP contribution is 2.35. The zero-order chi connectivity index (χ0) is 17.3. The van der Waals surface area contributed by atoms with Gasteiger partial charge in [-0.05, 0) is 19.8 Å². The number of alkyl halides is 2. The Morgan fingerprint density at radius 3 is 2.62 bits per heavy atom. The molecule has 1 N–H and O–H groups in total. The fourth-order valence-corrected chi connectivity index (χ4v) is 3.59. The van der Waals surface area contributed by atoms with Gasteiger partial charge in [-0.2, -0.15) is 0 Å².